The smallest absolute Gasteiger partial charge is 0.338 e. The molecule has 4 N–H and O–H groups in total. The molecule has 0 bridgehead atoms. The second-order valence-electron chi connectivity index (χ2n) is 9.42. The van der Waals surface area contributed by atoms with Gasteiger partial charge in [-0.05, 0) is 79.1 Å². The maximum Gasteiger partial charge on any atom is 0.338 e. The summed E-state index contributed by atoms with van der Waals surface area (Å²) in [5.74, 6) is 0.0670. The van der Waals surface area contributed by atoms with Crippen molar-refractivity contribution < 1.29 is 19.1 Å². The van der Waals surface area contributed by atoms with Crippen LogP contribution in [0.25, 0.3) is 6.08 Å². The van der Waals surface area contributed by atoms with Gasteiger partial charge in [0.15, 0.2) is 0 Å². The van der Waals surface area contributed by atoms with Gasteiger partial charge < -0.3 is 20.9 Å². The summed E-state index contributed by atoms with van der Waals surface area (Å²) in [7, 11) is 0. The fourth-order valence-corrected chi connectivity index (χ4v) is 4.54. The number of esters is 2. The summed E-state index contributed by atoms with van der Waals surface area (Å²) in [6.07, 6.45) is 13.0. The van der Waals surface area contributed by atoms with Gasteiger partial charge in [-0.25, -0.2) is 9.59 Å². The van der Waals surface area contributed by atoms with E-state index in [-0.39, 0.29) is 18.7 Å². The molecule has 35 heavy (non-hydrogen) atoms. The molecule has 0 saturated heterocycles. The third kappa shape index (κ3) is 9.12. The van der Waals surface area contributed by atoms with E-state index in [0.717, 1.165) is 42.7 Å². The van der Waals surface area contributed by atoms with Crippen molar-refractivity contribution in [2.75, 3.05) is 18.1 Å². The van der Waals surface area contributed by atoms with Crippen LogP contribution in [0, 0.1) is 5.92 Å². The van der Waals surface area contributed by atoms with Gasteiger partial charge in [0.1, 0.15) is 6.10 Å². The number of unbranched alkanes of at least 4 members (excludes halogenated alkanes) is 2. The largest absolute Gasteiger partial charge is 0.462 e. The molecule has 0 radical (unpaired) electrons. The zero-order valence-electron chi connectivity index (χ0n) is 20.7. The van der Waals surface area contributed by atoms with Crippen LogP contribution in [-0.2, 0) is 20.7 Å². The number of anilines is 2. The third-order valence-electron chi connectivity index (χ3n) is 6.51. The molecule has 2 aromatic rings. The van der Waals surface area contributed by atoms with E-state index in [9.17, 15) is 9.59 Å². The molecule has 1 saturated carbocycles. The Morgan fingerprint density at radius 2 is 1.66 bits per heavy atom. The van der Waals surface area contributed by atoms with Gasteiger partial charge in [-0.3, -0.25) is 0 Å². The highest BCUT2D eigenvalue weighted by atomic mass is 16.5. The standard InChI is InChI=1S/C29H38N2O4/c1-2-3-4-5-21-8-13-27(14-9-21)35-29(33)24-11-6-22(7-12-24)10-15-28(32)34-17-16-23-18-25(30)20-26(31)19-23/h6-7,10-12,15,18-21,27H,2-5,8-9,13-14,16-17,30-31H2,1H3/b15-10+. The van der Waals surface area contributed by atoms with Gasteiger partial charge in [-0.2, -0.15) is 0 Å². The second kappa shape index (κ2) is 13.6. The molecule has 0 heterocycles. The average molecular weight is 479 g/mol. The van der Waals surface area contributed by atoms with Gasteiger partial charge in [0.2, 0.25) is 0 Å². The lowest BCUT2D eigenvalue weighted by Crippen LogP contribution is -2.24. The first-order chi connectivity index (χ1) is 16.9. The number of hydrogen-bond acceptors (Lipinski definition) is 6. The molecule has 2 aromatic carbocycles. The summed E-state index contributed by atoms with van der Waals surface area (Å²) >= 11 is 0. The lowest BCUT2D eigenvalue weighted by atomic mass is 9.84. The number of ether oxygens (including phenoxy) is 2. The van der Waals surface area contributed by atoms with Crippen molar-refractivity contribution in [1.29, 1.82) is 0 Å². The first kappa shape index (κ1) is 26.3. The van der Waals surface area contributed by atoms with Crippen molar-refractivity contribution in [3.63, 3.8) is 0 Å². The van der Waals surface area contributed by atoms with Crippen LogP contribution in [0.3, 0.4) is 0 Å². The van der Waals surface area contributed by atoms with E-state index in [1.54, 1.807) is 36.4 Å². The number of benzene rings is 2. The normalized spacial score (nSPS) is 17.9. The molecular formula is C29H38N2O4. The molecule has 6 nitrogen and oxygen atoms in total. The van der Waals surface area contributed by atoms with E-state index in [1.165, 1.54) is 31.8 Å². The van der Waals surface area contributed by atoms with Crippen LogP contribution >= 0.6 is 0 Å². The number of rotatable bonds is 11. The molecule has 3 rings (SSSR count). The summed E-state index contributed by atoms with van der Waals surface area (Å²) in [5.41, 5.74) is 15.0. The Hall–Kier alpha value is -3.28. The highest BCUT2D eigenvalue weighted by Crippen LogP contribution is 2.30. The number of carbonyl (C=O) groups excluding carboxylic acids is 2. The highest BCUT2D eigenvalue weighted by molar-refractivity contribution is 5.90. The summed E-state index contributed by atoms with van der Waals surface area (Å²) in [4.78, 5) is 24.5. The number of carbonyl (C=O) groups is 2. The van der Waals surface area contributed by atoms with E-state index in [2.05, 4.69) is 6.92 Å². The fraction of sp³-hybridized carbons (Fsp3) is 0.448. The van der Waals surface area contributed by atoms with Crippen LogP contribution < -0.4 is 11.5 Å². The molecule has 0 unspecified atom stereocenters. The quantitative estimate of drug-likeness (QED) is 0.179. The van der Waals surface area contributed by atoms with Gasteiger partial charge in [-0.1, -0.05) is 44.7 Å². The summed E-state index contributed by atoms with van der Waals surface area (Å²) < 4.78 is 11.0. The number of hydrogen-bond donors (Lipinski definition) is 2. The van der Waals surface area contributed by atoms with Gasteiger partial charge in [-0.15, -0.1) is 0 Å². The van der Waals surface area contributed by atoms with E-state index in [1.807, 2.05) is 12.1 Å². The lowest BCUT2D eigenvalue weighted by Gasteiger charge is -2.28. The topological polar surface area (TPSA) is 105 Å². The number of nitrogens with two attached hydrogens (primary N) is 2. The van der Waals surface area contributed by atoms with Crippen molar-refractivity contribution in [3.05, 3.63) is 65.2 Å². The molecule has 188 valence electrons. The Balaban J connectivity index is 1.38. The summed E-state index contributed by atoms with van der Waals surface area (Å²) in [6, 6.07) is 12.4. The first-order valence-electron chi connectivity index (χ1n) is 12.7. The Morgan fingerprint density at radius 1 is 0.971 bits per heavy atom. The van der Waals surface area contributed by atoms with E-state index >= 15 is 0 Å². The molecule has 0 atom stereocenters. The van der Waals surface area contributed by atoms with Crippen LogP contribution in [0.5, 0.6) is 0 Å². The van der Waals surface area contributed by atoms with Crippen LogP contribution in [-0.4, -0.2) is 24.6 Å². The van der Waals surface area contributed by atoms with Gasteiger partial charge in [0.05, 0.1) is 12.2 Å². The molecule has 0 amide bonds. The van der Waals surface area contributed by atoms with Crippen molar-refractivity contribution in [1.82, 2.24) is 0 Å². The van der Waals surface area contributed by atoms with Crippen molar-refractivity contribution in [2.24, 2.45) is 5.92 Å². The Morgan fingerprint density at radius 3 is 2.31 bits per heavy atom. The van der Waals surface area contributed by atoms with Crippen LogP contribution in [0.2, 0.25) is 0 Å². The minimum absolute atomic E-state index is 0.0167. The molecule has 6 heteroatoms. The lowest BCUT2D eigenvalue weighted by molar-refractivity contribution is -0.137. The van der Waals surface area contributed by atoms with Gasteiger partial charge in [0, 0.05) is 23.9 Å². The summed E-state index contributed by atoms with van der Waals surface area (Å²) in [5, 5.41) is 0. The van der Waals surface area contributed by atoms with Crippen molar-refractivity contribution >= 4 is 29.4 Å². The predicted molar refractivity (Wildman–Crippen MR) is 141 cm³/mol. The predicted octanol–water partition coefficient (Wildman–Crippen LogP) is 5.95. The average Bonchev–Trinajstić information content (AvgIpc) is 2.84. The van der Waals surface area contributed by atoms with Crippen LogP contribution in [0.4, 0.5) is 11.4 Å². The molecule has 1 fully saturated rings. The van der Waals surface area contributed by atoms with Gasteiger partial charge >= 0.3 is 11.9 Å². The van der Waals surface area contributed by atoms with E-state index in [0.29, 0.717) is 23.4 Å². The minimum atomic E-state index is -0.435. The van der Waals surface area contributed by atoms with E-state index in [4.69, 9.17) is 20.9 Å². The van der Waals surface area contributed by atoms with E-state index < -0.39 is 5.97 Å². The maximum atomic E-state index is 12.5. The molecule has 0 aromatic heterocycles. The molecule has 0 aliphatic heterocycles. The molecular weight excluding hydrogens is 440 g/mol. The SMILES string of the molecule is CCCCCC1CCC(OC(=O)c2ccc(/C=C/C(=O)OCCc3cc(N)cc(N)c3)cc2)CC1. The molecule has 1 aliphatic rings. The fourth-order valence-electron chi connectivity index (χ4n) is 4.54. The van der Waals surface area contributed by atoms with Crippen molar-refractivity contribution in [2.45, 2.75) is 70.8 Å². The third-order valence-corrected chi connectivity index (χ3v) is 6.51. The zero-order valence-corrected chi connectivity index (χ0v) is 20.7. The van der Waals surface area contributed by atoms with Crippen molar-refractivity contribution in [3.8, 4) is 0 Å². The Bertz CT molecular complexity index is 972. The maximum absolute atomic E-state index is 12.5. The van der Waals surface area contributed by atoms with Crippen LogP contribution in [0.15, 0.2) is 48.5 Å². The number of nitrogen functional groups attached to an aromatic ring is 2. The molecule has 0 spiro atoms. The second-order valence-corrected chi connectivity index (χ2v) is 9.42. The monoisotopic (exact) mass is 478 g/mol. The zero-order chi connectivity index (χ0) is 25.0. The molecule has 1 aliphatic carbocycles. The minimum Gasteiger partial charge on any atom is -0.462 e. The summed E-state index contributed by atoms with van der Waals surface area (Å²) in [6.45, 7) is 2.47. The highest BCUT2D eigenvalue weighted by Gasteiger charge is 2.24. The Kier molecular flexibility index (Phi) is 10.2. The Labute approximate surface area is 208 Å². The van der Waals surface area contributed by atoms with Gasteiger partial charge in [0.25, 0.3) is 0 Å². The first-order valence-corrected chi connectivity index (χ1v) is 12.7. The van der Waals surface area contributed by atoms with Crippen LogP contribution in [0.1, 0.15) is 79.8 Å².